The number of ether oxygens (including phenoxy) is 1. The number of anilines is 1. The van der Waals surface area contributed by atoms with Crippen molar-refractivity contribution in [3.8, 4) is 0 Å². The lowest BCUT2D eigenvalue weighted by Crippen LogP contribution is -2.43. The summed E-state index contributed by atoms with van der Waals surface area (Å²) in [6, 6.07) is 5.63. The summed E-state index contributed by atoms with van der Waals surface area (Å²) < 4.78 is 5.49. The van der Waals surface area contributed by atoms with Gasteiger partial charge in [0.15, 0.2) is 0 Å². The van der Waals surface area contributed by atoms with Crippen LogP contribution in [0.4, 0.5) is 5.82 Å². The van der Waals surface area contributed by atoms with Gasteiger partial charge in [0.2, 0.25) is 0 Å². The van der Waals surface area contributed by atoms with Gasteiger partial charge in [0, 0.05) is 6.61 Å². The second-order valence-corrected chi connectivity index (χ2v) is 5.05. The van der Waals surface area contributed by atoms with Gasteiger partial charge in [-0.05, 0) is 31.9 Å². The zero-order valence-corrected chi connectivity index (χ0v) is 10.7. The zero-order chi connectivity index (χ0) is 12.3. The van der Waals surface area contributed by atoms with Crippen molar-refractivity contribution in [2.75, 3.05) is 18.5 Å². The maximum absolute atomic E-state index is 5.57. The molecule has 1 aromatic rings. The van der Waals surface area contributed by atoms with Crippen LogP contribution in [0, 0.1) is 0 Å². The van der Waals surface area contributed by atoms with Crippen LogP contribution < -0.4 is 11.1 Å². The molecule has 1 aliphatic heterocycles. The van der Waals surface area contributed by atoms with E-state index in [0.29, 0.717) is 17.3 Å². The zero-order valence-electron chi connectivity index (χ0n) is 9.90. The first-order valence-corrected chi connectivity index (χ1v) is 6.13. The molecule has 1 unspecified atom stereocenters. The maximum atomic E-state index is 5.57. The van der Waals surface area contributed by atoms with Crippen LogP contribution in [0.5, 0.6) is 0 Å². The van der Waals surface area contributed by atoms with Gasteiger partial charge in [-0.2, -0.15) is 0 Å². The standard InChI is InChI=1S/C12H17N3OS/c1-12(6-3-7-16-8-12)15-10-5-2-4-9(14-10)11(13)17/h2,4-5H,3,6-8H2,1H3,(H2,13,17)(H,14,15). The molecule has 0 spiro atoms. The van der Waals surface area contributed by atoms with E-state index in [1.54, 1.807) is 0 Å². The van der Waals surface area contributed by atoms with Crippen molar-refractivity contribution >= 4 is 23.0 Å². The third-order valence-corrected chi connectivity index (χ3v) is 3.08. The number of nitrogens with two attached hydrogens (primary N) is 1. The van der Waals surface area contributed by atoms with E-state index in [4.69, 9.17) is 22.7 Å². The number of aromatic nitrogens is 1. The lowest BCUT2D eigenvalue weighted by molar-refractivity contribution is 0.0539. The number of nitrogens with zero attached hydrogens (tertiary/aromatic N) is 1. The molecule has 0 aliphatic carbocycles. The Bertz CT molecular complexity index is 416. The first-order valence-electron chi connectivity index (χ1n) is 5.72. The Kier molecular flexibility index (Phi) is 3.59. The molecule has 0 aromatic carbocycles. The van der Waals surface area contributed by atoms with E-state index in [0.717, 1.165) is 25.3 Å². The minimum atomic E-state index is -0.0555. The normalized spacial score (nSPS) is 24.3. The Balaban J connectivity index is 2.12. The van der Waals surface area contributed by atoms with E-state index in [9.17, 15) is 0 Å². The molecule has 1 aromatic heterocycles. The van der Waals surface area contributed by atoms with E-state index >= 15 is 0 Å². The number of hydrogen-bond donors (Lipinski definition) is 2. The molecular formula is C12H17N3OS. The van der Waals surface area contributed by atoms with Crippen molar-refractivity contribution < 1.29 is 4.74 Å². The summed E-state index contributed by atoms with van der Waals surface area (Å²) in [6.07, 6.45) is 2.14. The topological polar surface area (TPSA) is 60.2 Å². The molecule has 1 fully saturated rings. The molecule has 3 N–H and O–H groups in total. The minimum Gasteiger partial charge on any atom is -0.388 e. The van der Waals surface area contributed by atoms with Crippen molar-refractivity contribution in [3.63, 3.8) is 0 Å². The van der Waals surface area contributed by atoms with Gasteiger partial charge in [-0.1, -0.05) is 18.3 Å². The fourth-order valence-electron chi connectivity index (χ4n) is 1.98. The molecule has 17 heavy (non-hydrogen) atoms. The number of rotatable bonds is 3. The molecule has 2 heterocycles. The maximum Gasteiger partial charge on any atom is 0.127 e. The lowest BCUT2D eigenvalue weighted by atomic mass is 9.95. The summed E-state index contributed by atoms with van der Waals surface area (Å²) in [7, 11) is 0. The fourth-order valence-corrected chi connectivity index (χ4v) is 2.10. The van der Waals surface area contributed by atoms with Gasteiger partial charge >= 0.3 is 0 Å². The summed E-state index contributed by atoms with van der Waals surface area (Å²) >= 11 is 4.92. The SMILES string of the molecule is CC1(Nc2cccc(C(N)=S)n2)CCCOC1. The monoisotopic (exact) mass is 251 g/mol. The highest BCUT2D eigenvalue weighted by atomic mass is 32.1. The molecule has 1 atom stereocenters. The second-order valence-electron chi connectivity index (χ2n) is 4.61. The van der Waals surface area contributed by atoms with Gasteiger partial charge in [0.05, 0.1) is 17.8 Å². The Hall–Kier alpha value is -1.20. The highest BCUT2D eigenvalue weighted by molar-refractivity contribution is 7.80. The Labute approximate surface area is 107 Å². The predicted octanol–water partition coefficient (Wildman–Crippen LogP) is 1.70. The van der Waals surface area contributed by atoms with Crippen molar-refractivity contribution in [2.45, 2.75) is 25.3 Å². The van der Waals surface area contributed by atoms with Crippen molar-refractivity contribution in [1.29, 1.82) is 0 Å². The summed E-state index contributed by atoms with van der Waals surface area (Å²) in [5.74, 6) is 0.795. The van der Waals surface area contributed by atoms with Gasteiger partial charge in [0.1, 0.15) is 10.8 Å². The van der Waals surface area contributed by atoms with Crippen LogP contribution in [0.15, 0.2) is 18.2 Å². The van der Waals surface area contributed by atoms with Crippen LogP contribution >= 0.6 is 12.2 Å². The van der Waals surface area contributed by atoms with Crippen molar-refractivity contribution in [3.05, 3.63) is 23.9 Å². The van der Waals surface area contributed by atoms with E-state index in [1.807, 2.05) is 18.2 Å². The van der Waals surface area contributed by atoms with Crippen molar-refractivity contribution in [1.82, 2.24) is 4.98 Å². The van der Waals surface area contributed by atoms with Gasteiger partial charge in [-0.3, -0.25) is 0 Å². The molecule has 92 valence electrons. The summed E-state index contributed by atoms with van der Waals surface area (Å²) in [5.41, 5.74) is 6.15. The molecule has 1 aliphatic rings. The summed E-state index contributed by atoms with van der Waals surface area (Å²) in [6.45, 7) is 3.69. The largest absolute Gasteiger partial charge is 0.388 e. The third-order valence-electron chi connectivity index (χ3n) is 2.87. The predicted molar refractivity (Wildman–Crippen MR) is 72.2 cm³/mol. The highest BCUT2D eigenvalue weighted by Gasteiger charge is 2.27. The second kappa shape index (κ2) is 4.98. The fraction of sp³-hybridized carbons (Fsp3) is 0.500. The molecule has 5 heteroatoms. The molecule has 0 radical (unpaired) electrons. The highest BCUT2D eigenvalue weighted by Crippen LogP contribution is 2.23. The van der Waals surface area contributed by atoms with Crippen LogP contribution in [0.25, 0.3) is 0 Å². The van der Waals surface area contributed by atoms with Crippen LogP contribution in [0.1, 0.15) is 25.5 Å². The molecule has 0 amide bonds. The molecular weight excluding hydrogens is 234 g/mol. The Morgan fingerprint density at radius 2 is 2.41 bits per heavy atom. The average Bonchev–Trinajstić information content (AvgIpc) is 2.29. The van der Waals surface area contributed by atoms with E-state index < -0.39 is 0 Å². The number of hydrogen-bond acceptors (Lipinski definition) is 4. The van der Waals surface area contributed by atoms with Gasteiger partial charge in [-0.15, -0.1) is 0 Å². The summed E-state index contributed by atoms with van der Waals surface area (Å²) in [5, 5.41) is 3.40. The average molecular weight is 251 g/mol. The van der Waals surface area contributed by atoms with Gasteiger partial charge < -0.3 is 15.8 Å². The first kappa shape index (κ1) is 12.3. The number of nitrogens with one attached hydrogen (secondary N) is 1. The van der Waals surface area contributed by atoms with Gasteiger partial charge in [0.25, 0.3) is 0 Å². The third kappa shape index (κ3) is 3.14. The smallest absolute Gasteiger partial charge is 0.127 e. The molecule has 4 nitrogen and oxygen atoms in total. The number of pyridine rings is 1. The molecule has 1 saturated heterocycles. The van der Waals surface area contributed by atoms with Gasteiger partial charge in [-0.25, -0.2) is 4.98 Å². The van der Waals surface area contributed by atoms with Crippen LogP contribution in [-0.2, 0) is 4.74 Å². The van der Waals surface area contributed by atoms with E-state index in [-0.39, 0.29) is 5.54 Å². The first-order chi connectivity index (χ1) is 8.09. The van der Waals surface area contributed by atoms with E-state index in [1.165, 1.54) is 0 Å². The van der Waals surface area contributed by atoms with Crippen LogP contribution in [-0.4, -0.2) is 28.7 Å². The molecule has 0 bridgehead atoms. The quantitative estimate of drug-likeness (QED) is 0.801. The molecule has 2 rings (SSSR count). The molecule has 0 saturated carbocycles. The van der Waals surface area contributed by atoms with Crippen LogP contribution in [0.2, 0.25) is 0 Å². The van der Waals surface area contributed by atoms with Crippen LogP contribution in [0.3, 0.4) is 0 Å². The Morgan fingerprint density at radius 1 is 1.59 bits per heavy atom. The lowest BCUT2D eigenvalue weighted by Gasteiger charge is -2.34. The number of thiocarbonyl (C=S) groups is 1. The Morgan fingerprint density at radius 3 is 3.06 bits per heavy atom. The van der Waals surface area contributed by atoms with Crippen molar-refractivity contribution in [2.24, 2.45) is 5.73 Å². The minimum absolute atomic E-state index is 0.0555. The summed E-state index contributed by atoms with van der Waals surface area (Å²) in [4.78, 5) is 4.70. The van der Waals surface area contributed by atoms with E-state index in [2.05, 4.69) is 17.2 Å².